The smallest absolute Gasteiger partial charge is 0.123 e. The van der Waals surface area contributed by atoms with Crippen LogP contribution in [0, 0.1) is 5.92 Å². The van der Waals surface area contributed by atoms with Gasteiger partial charge in [0, 0.05) is 27.8 Å². The molecule has 1 N–H and O–H groups in total. The van der Waals surface area contributed by atoms with E-state index in [2.05, 4.69) is 17.6 Å². The molecule has 0 aliphatic carbocycles. The maximum Gasteiger partial charge on any atom is 0.123 e. The summed E-state index contributed by atoms with van der Waals surface area (Å²) in [5.41, 5.74) is 2.75. The molecule has 0 radical (unpaired) electrons. The molecule has 1 aliphatic heterocycles. The first-order chi connectivity index (χ1) is 10.3. The summed E-state index contributed by atoms with van der Waals surface area (Å²) in [6, 6.07) is 15.1. The summed E-state index contributed by atoms with van der Waals surface area (Å²) in [5, 5.41) is 13.0. The fraction of sp³-hybridized carbons (Fsp3) is 0.111. The monoisotopic (exact) mass is 314 g/mol. The molecule has 106 valence electrons. The molecular weight excluding hydrogens is 300 g/mol. The Bertz CT molecular complexity index is 658. The molecule has 0 fully saturated rings. The number of allylic oxidation sites excluding steroid dienone is 2. The summed E-state index contributed by atoms with van der Waals surface area (Å²) in [6.45, 7) is 0. The van der Waals surface area contributed by atoms with Gasteiger partial charge in [0.2, 0.25) is 0 Å². The van der Waals surface area contributed by atoms with Crippen LogP contribution in [0.25, 0.3) is 5.57 Å². The summed E-state index contributed by atoms with van der Waals surface area (Å²) >= 11 is 8.16. The zero-order valence-electron chi connectivity index (χ0n) is 11.4. The Labute approximate surface area is 134 Å². The normalized spacial score (nSPS) is 18.1. The summed E-state index contributed by atoms with van der Waals surface area (Å²) in [6.07, 6.45) is 4.37. The lowest BCUT2D eigenvalue weighted by Gasteiger charge is -2.14. The van der Waals surface area contributed by atoms with E-state index in [0.29, 0.717) is 10.9 Å². The van der Waals surface area contributed by atoms with Crippen LogP contribution < -0.4 is 0 Å². The molecular formula is C18H15ClOS. The predicted octanol–water partition coefficient (Wildman–Crippen LogP) is 5.35. The van der Waals surface area contributed by atoms with E-state index in [9.17, 15) is 5.11 Å². The van der Waals surface area contributed by atoms with E-state index in [4.69, 9.17) is 11.6 Å². The Morgan fingerprint density at radius 3 is 2.48 bits per heavy atom. The number of rotatable bonds is 3. The largest absolute Gasteiger partial charge is 0.507 e. The Morgan fingerprint density at radius 1 is 1.10 bits per heavy atom. The molecule has 3 heteroatoms. The van der Waals surface area contributed by atoms with Crippen LogP contribution in [-0.2, 0) is 0 Å². The number of phenols is 1. The van der Waals surface area contributed by atoms with Crippen molar-refractivity contribution in [3.63, 3.8) is 0 Å². The van der Waals surface area contributed by atoms with Crippen molar-refractivity contribution >= 4 is 28.9 Å². The average Bonchev–Trinajstić information content (AvgIpc) is 3.00. The van der Waals surface area contributed by atoms with Gasteiger partial charge in [-0.25, -0.2) is 0 Å². The zero-order valence-corrected chi connectivity index (χ0v) is 12.9. The summed E-state index contributed by atoms with van der Waals surface area (Å²) in [5.74, 6) is 1.67. The topological polar surface area (TPSA) is 20.2 Å². The van der Waals surface area contributed by atoms with E-state index in [0.717, 1.165) is 22.5 Å². The third-order valence-corrected chi connectivity index (χ3v) is 4.71. The van der Waals surface area contributed by atoms with Gasteiger partial charge >= 0.3 is 0 Å². The van der Waals surface area contributed by atoms with Gasteiger partial charge in [-0.15, -0.1) is 11.8 Å². The van der Waals surface area contributed by atoms with Crippen LogP contribution in [-0.4, -0.2) is 10.9 Å². The van der Waals surface area contributed by atoms with Gasteiger partial charge in [0.05, 0.1) is 0 Å². The van der Waals surface area contributed by atoms with Crippen LogP contribution in [0.15, 0.2) is 66.1 Å². The van der Waals surface area contributed by atoms with Gasteiger partial charge in [0.1, 0.15) is 5.75 Å². The lowest BCUT2D eigenvalue weighted by atomic mass is 9.93. The highest BCUT2D eigenvalue weighted by Crippen LogP contribution is 2.36. The highest BCUT2D eigenvalue weighted by Gasteiger charge is 2.15. The number of aromatic hydroxyl groups is 1. The molecule has 1 unspecified atom stereocenters. The Morgan fingerprint density at radius 2 is 1.81 bits per heavy atom. The second-order valence-electron chi connectivity index (χ2n) is 4.90. The van der Waals surface area contributed by atoms with Gasteiger partial charge in [-0.3, -0.25) is 0 Å². The van der Waals surface area contributed by atoms with E-state index >= 15 is 0 Å². The van der Waals surface area contributed by atoms with Gasteiger partial charge in [-0.05, 0) is 23.1 Å². The fourth-order valence-corrected chi connectivity index (χ4v) is 3.49. The van der Waals surface area contributed by atoms with Crippen molar-refractivity contribution in [3.05, 3.63) is 82.2 Å². The Balaban J connectivity index is 2.14. The van der Waals surface area contributed by atoms with Crippen molar-refractivity contribution in [1.29, 1.82) is 0 Å². The third-order valence-electron chi connectivity index (χ3n) is 3.45. The van der Waals surface area contributed by atoms with E-state index in [1.165, 1.54) is 0 Å². The van der Waals surface area contributed by atoms with Crippen LogP contribution in [0.2, 0.25) is 5.02 Å². The summed E-state index contributed by atoms with van der Waals surface area (Å²) in [4.78, 5) is 0. The van der Waals surface area contributed by atoms with Gasteiger partial charge in [-0.2, -0.15) is 0 Å². The first kappa shape index (κ1) is 14.3. The first-order valence-corrected chi connectivity index (χ1v) is 8.22. The molecule has 1 nitrogen and oxygen atoms in total. The molecule has 0 bridgehead atoms. The van der Waals surface area contributed by atoms with E-state index in [-0.39, 0.29) is 5.75 Å². The highest BCUT2D eigenvalue weighted by atomic mass is 35.5. The molecule has 1 aliphatic rings. The Kier molecular flexibility index (Phi) is 4.37. The minimum absolute atomic E-state index is 0.276. The third kappa shape index (κ3) is 3.17. The van der Waals surface area contributed by atoms with Crippen molar-refractivity contribution in [2.75, 3.05) is 5.75 Å². The Hall–Kier alpha value is -1.64. The SMILES string of the molecule is Oc1ccccc1C(=CC1C=CSC1)c1ccccc1Cl. The van der Waals surface area contributed by atoms with Crippen LogP contribution in [0.5, 0.6) is 5.75 Å². The molecule has 2 aromatic rings. The highest BCUT2D eigenvalue weighted by molar-refractivity contribution is 8.02. The van der Waals surface area contributed by atoms with Gasteiger partial charge in [-0.1, -0.05) is 60.2 Å². The zero-order chi connectivity index (χ0) is 14.7. The number of hydrogen-bond acceptors (Lipinski definition) is 2. The average molecular weight is 315 g/mol. The van der Waals surface area contributed by atoms with Crippen molar-refractivity contribution in [2.45, 2.75) is 0 Å². The van der Waals surface area contributed by atoms with E-state index < -0.39 is 0 Å². The van der Waals surface area contributed by atoms with Crippen molar-refractivity contribution in [2.24, 2.45) is 5.92 Å². The number of benzene rings is 2. The van der Waals surface area contributed by atoms with E-state index in [1.54, 1.807) is 17.8 Å². The molecule has 1 atom stereocenters. The fourth-order valence-electron chi connectivity index (χ4n) is 2.40. The quantitative estimate of drug-likeness (QED) is 0.823. The number of para-hydroxylation sites is 1. The van der Waals surface area contributed by atoms with Crippen LogP contribution in [0.1, 0.15) is 11.1 Å². The molecule has 1 heterocycles. The number of hydrogen-bond donors (Lipinski definition) is 1. The van der Waals surface area contributed by atoms with Crippen LogP contribution >= 0.6 is 23.4 Å². The first-order valence-electron chi connectivity index (χ1n) is 6.79. The summed E-state index contributed by atoms with van der Waals surface area (Å²) < 4.78 is 0. The lowest BCUT2D eigenvalue weighted by molar-refractivity contribution is 0.473. The molecule has 0 saturated carbocycles. The number of thioether (sulfide) groups is 1. The molecule has 3 rings (SSSR count). The van der Waals surface area contributed by atoms with E-state index in [1.807, 2.05) is 42.5 Å². The maximum absolute atomic E-state index is 10.2. The van der Waals surface area contributed by atoms with Gasteiger partial charge < -0.3 is 5.11 Å². The van der Waals surface area contributed by atoms with Crippen LogP contribution in [0.4, 0.5) is 0 Å². The lowest BCUT2D eigenvalue weighted by Crippen LogP contribution is -1.96. The second kappa shape index (κ2) is 6.42. The minimum atomic E-state index is 0.276. The molecule has 0 amide bonds. The predicted molar refractivity (Wildman–Crippen MR) is 91.7 cm³/mol. The molecule has 0 aromatic heterocycles. The van der Waals surface area contributed by atoms with Crippen molar-refractivity contribution in [3.8, 4) is 5.75 Å². The minimum Gasteiger partial charge on any atom is -0.507 e. The van der Waals surface area contributed by atoms with Crippen molar-refractivity contribution < 1.29 is 5.11 Å². The number of halogens is 1. The van der Waals surface area contributed by atoms with Gasteiger partial charge in [0.15, 0.2) is 0 Å². The second-order valence-corrected chi connectivity index (χ2v) is 6.25. The van der Waals surface area contributed by atoms with Crippen LogP contribution in [0.3, 0.4) is 0 Å². The standard InChI is InChI=1S/C18H15ClOS/c19-17-7-3-1-5-14(17)16(11-13-9-10-21-12-13)15-6-2-4-8-18(15)20/h1-11,13,20H,12H2. The maximum atomic E-state index is 10.2. The summed E-state index contributed by atoms with van der Waals surface area (Å²) in [7, 11) is 0. The molecule has 0 spiro atoms. The molecule has 2 aromatic carbocycles. The van der Waals surface area contributed by atoms with Crippen molar-refractivity contribution in [1.82, 2.24) is 0 Å². The molecule has 21 heavy (non-hydrogen) atoms. The number of phenolic OH excluding ortho intramolecular Hbond substituents is 1. The van der Waals surface area contributed by atoms with Gasteiger partial charge in [0.25, 0.3) is 0 Å². The molecule has 0 saturated heterocycles.